The molecule has 1 aliphatic rings. The number of ether oxygens (including phenoxy) is 1. The van der Waals surface area contributed by atoms with Gasteiger partial charge in [0.05, 0.1) is 0 Å². The van der Waals surface area contributed by atoms with Gasteiger partial charge in [-0.05, 0) is 42.4 Å². The fourth-order valence-corrected chi connectivity index (χ4v) is 3.28. The van der Waals surface area contributed by atoms with Gasteiger partial charge in [-0.15, -0.1) is 0 Å². The summed E-state index contributed by atoms with van der Waals surface area (Å²) in [4.78, 5) is 11.3. The van der Waals surface area contributed by atoms with Gasteiger partial charge in [-0.3, -0.25) is 4.79 Å². The van der Waals surface area contributed by atoms with Crippen molar-refractivity contribution in [3.05, 3.63) is 0 Å². The standard InChI is InChI=1S/C15H28O2/c1-9(2)13-7-11(5)8-14(10(3)4)15(13)17-12(6)16/h9-11,13-15H,7-8H2,1-6H3. The van der Waals surface area contributed by atoms with E-state index in [0.29, 0.717) is 23.7 Å². The van der Waals surface area contributed by atoms with Gasteiger partial charge in [-0.25, -0.2) is 0 Å². The minimum Gasteiger partial charge on any atom is -0.462 e. The molecule has 1 aliphatic carbocycles. The lowest BCUT2D eigenvalue weighted by Crippen LogP contribution is -2.44. The van der Waals surface area contributed by atoms with Crippen molar-refractivity contribution in [2.45, 2.75) is 60.5 Å². The molecule has 17 heavy (non-hydrogen) atoms. The monoisotopic (exact) mass is 240 g/mol. The molecular formula is C15H28O2. The molecule has 100 valence electrons. The second kappa shape index (κ2) is 5.88. The van der Waals surface area contributed by atoms with Crippen LogP contribution in [0.1, 0.15) is 54.4 Å². The van der Waals surface area contributed by atoms with E-state index in [9.17, 15) is 4.79 Å². The minimum absolute atomic E-state index is 0.124. The van der Waals surface area contributed by atoms with E-state index in [-0.39, 0.29) is 12.1 Å². The highest BCUT2D eigenvalue weighted by Crippen LogP contribution is 2.42. The van der Waals surface area contributed by atoms with E-state index in [4.69, 9.17) is 4.74 Å². The van der Waals surface area contributed by atoms with Gasteiger partial charge in [-0.1, -0.05) is 34.6 Å². The number of rotatable bonds is 3. The average Bonchev–Trinajstić information content (AvgIpc) is 2.18. The molecular weight excluding hydrogens is 212 g/mol. The molecule has 0 saturated heterocycles. The summed E-state index contributed by atoms with van der Waals surface area (Å²) in [5.74, 6) is 2.85. The van der Waals surface area contributed by atoms with E-state index in [1.807, 2.05) is 0 Å². The Kier molecular flexibility index (Phi) is 5.03. The Morgan fingerprint density at radius 1 is 1.06 bits per heavy atom. The third kappa shape index (κ3) is 3.72. The van der Waals surface area contributed by atoms with Crippen molar-refractivity contribution < 1.29 is 9.53 Å². The fourth-order valence-electron chi connectivity index (χ4n) is 3.28. The molecule has 0 aliphatic heterocycles. The molecule has 0 N–H and O–H groups in total. The van der Waals surface area contributed by atoms with Crippen LogP contribution in [0, 0.1) is 29.6 Å². The van der Waals surface area contributed by atoms with Crippen LogP contribution in [0.25, 0.3) is 0 Å². The van der Waals surface area contributed by atoms with Crippen LogP contribution in [0.3, 0.4) is 0 Å². The lowest BCUT2D eigenvalue weighted by Gasteiger charge is -2.43. The number of esters is 1. The molecule has 0 radical (unpaired) electrons. The first-order chi connectivity index (χ1) is 7.82. The van der Waals surface area contributed by atoms with Crippen molar-refractivity contribution >= 4 is 5.97 Å². The highest BCUT2D eigenvalue weighted by Gasteiger charge is 2.40. The van der Waals surface area contributed by atoms with Crippen molar-refractivity contribution in [3.8, 4) is 0 Å². The Hall–Kier alpha value is -0.530. The Bertz CT molecular complexity index is 240. The largest absolute Gasteiger partial charge is 0.462 e. The zero-order chi connectivity index (χ0) is 13.2. The molecule has 0 aromatic heterocycles. The van der Waals surface area contributed by atoms with Crippen LogP contribution in [0.2, 0.25) is 0 Å². The van der Waals surface area contributed by atoms with Crippen LogP contribution < -0.4 is 0 Å². The minimum atomic E-state index is -0.124. The predicted octanol–water partition coefficient (Wildman–Crippen LogP) is 3.89. The summed E-state index contributed by atoms with van der Waals surface area (Å²) in [6.45, 7) is 12.8. The number of hydrogen-bond acceptors (Lipinski definition) is 2. The molecule has 2 atom stereocenters. The lowest BCUT2D eigenvalue weighted by molar-refractivity contribution is -0.160. The molecule has 2 heteroatoms. The van der Waals surface area contributed by atoms with E-state index < -0.39 is 0 Å². The first-order valence-corrected chi connectivity index (χ1v) is 7.00. The summed E-state index contributed by atoms with van der Waals surface area (Å²) in [6.07, 6.45) is 2.51. The van der Waals surface area contributed by atoms with Crippen molar-refractivity contribution in [3.63, 3.8) is 0 Å². The van der Waals surface area contributed by atoms with Crippen LogP contribution in [-0.2, 0) is 9.53 Å². The van der Waals surface area contributed by atoms with Gasteiger partial charge in [0.15, 0.2) is 0 Å². The molecule has 0 aromatic carbocycles. The molecule has 0 amide bonds. The topological polar surface area (TPSA) is 26.3 Å². The van der Waals surface area contributed by atoms with E-state index in [1.54, 1.807) is 0 Å². The van der Waals surface area contributed by atoms with Gasteiger partial charge < -0.3 is 4.74 Å². The van der Waals surface area contributed by atoms with E-state index >= 15 is 0 Å². The Labute approximate surface area is 106 Å². The third-order valence-electron chi connectivity index (χ3n) is 4.21. The Balaban J connectivity index is 2.88. The molecule has 0 aromatic rings. The third-order valence-corrected chi connectivity index (χ3v) is 4.21. The van der Waals surface area contributed by atoms with Crippen LogP contribution in [-0.4, -0.2) is 12.1 Å². The summed E-state index contributed by atoms with van der Waals surface area (Å²) < 4.78 is 5.65. The quantitative estimate of drug-likeness (QED) is 0.699. The molecule has 0 spiro atoms. The van der Waals surface area contributed by atoms with Gasteiger partial charge in [0, 0.05) is 6.92 Å². The average molecular weight is 240 g/mol. The van der Waals surface area contributed by atoms with Crippen LogP contribution in [0.5, 0.6) is 0 Å². The van der Waals surface area contributed by atoms with Gasteiger partial charge in [0.25, 0.3) is 0 Å². The molecule has 1 fully saturated rings. The van der Waals surface area contributed by atoms with Crippen LogP contribution in [0.15, 0.2) is 0 Å². The highest BCUT2D eigenvalue weighted by molar-refractivity contribution is 5.66. The van der Waals surface area contributed by atoms with Gasteiger partial charge in [-0.2, -0.15) is 0 Å². The molecule has 1 saturated carbocycles. The van der Waals surface area contributed by atoms with Crippen molar-refractivity contribution in [2.24, 2.45) is 29.6 Å². The molecule has 1 rings (SSSR count). The van der Waals surface area contributed by atoms with Gasteiger partial charge >= 0.3 is 5.97 Å². The Morgan fingerprint density at radius 2 is 1.47 bits per heavy atom. The number of hydrogen-bond donors (Lipinski definition) is 0. The maximum atomic E-state index is 11.3. The van der Waals surface area contributed by atoms with Gasteiger partial charge in [0.2, 0.25) is 0 Å². The van der Waals surface area contributed by atoms with E-state index in [1.165, 1.54) is 19.8 Å². The fraction of sp³-hybridized carbons (Fsp3) is 0.933. The van der Waals surface area contributed by atoms with Crippen molar-refractivity contribution in [1.82, 2.24) is 0 Å². The smallest absolute Gasteiger partial charge is 0.302 e. The van der Waals surface area contributed by atoms with Gasteiger partial charge in [0.1, 0.15) is 6.10 Å². The van der Waals surface area contributed by atoms with Crippen LogP contribution >= 0.6 is 0 Å². The predicted molar refractivity (Wildman–Crippen MR) is 70.6 cm³/mol. The number of carbonyl (C=O) groups is 1. The molecule has 2 unspecified atom stereocenters. The molecule has 0 heterocycles. The summed E-state index contributed by atoms with van der Waals surface area (Å²) in [5.41, 5.74) is 0. The lowest BCUT2D eigenvalue weighted by atomic mass is 9.66. The summed E-state index contributed by atoms with van der Waals surface area (Å²) in [6, 6.07) is 0. The normalized spacial score (nSPS) is 34.1. The first-order valence-electron chi connectivity index (χ1n) is 7.00. The molecule has 2 nitrogen and oxygen atoms in total. The first kappa shape index (κ1) is 14.5. The van der Waals surface area contributed by atoms with Crippen LogP contribution in [0.4, 0.5) is 0 Å². The SMILES string of the molecule is CC(=O)OC1C(C(C)C)CC(C)CC1C(C)C. The zero-order valence-corrected chi connectivity index (χ0v) is 12.2. The highest BCUT2D eigenvalue weighted by atomic mass is 16.5. The maximum absolute atomic E-state index is 11.3. The van der Waals surface area contributed by atoms with Crippen molar-refractivity contribution in [1.29, 1.82) is 0 Å². The Morgan fingerprint density at radius 3 is 1.76 bits per heavy atom. The van der Waals surface area contributed by atoms with Crippen molar-refractivity contribution in [2.75, 3.05) is 0 Å². The summed E-state index contributed by atoms with van der Waals surface area (Å²) in [7, 11) is 0. The second-order valence-electron chi connectivity index (χ2n) is 6.47. The van der Waals surface area contributed by atoms with E-state index in [2.05, 4.69) is 34.6 Å². The zero-order valence-electron chi connectivity index (χ0n) is 12.2. The summed E-state index contributed by atoms with van der Waals surface area (Å²) >= 11 is 0. The maximum Gasteiger partial charge on any atom is 0.302 e. The second-order valence-corrected chi connectivity index (χ2v) is 6.47. The number of carbonyl (C=O) groups excluding carboxylic acids is 1. The van der Waals surface area contributed by atoms with E-state index in [0.717, 1.165) is 5.92 Å². The summed E-state index contributed by atoms with van der Waals surface area (Å²) in [5, 5.41) is 0. The molecule has 0 bridgehead atoms.